The number of thioether (sulfide) groups is 1. The molecule has 6 atom stereocenters. The maximum Gasteiger partial charge on any atom is 0.244 e. The van der Waals surface area contributed by atoms with Crippen LogP contribution in [0.4, 0.5) is 0 Å². The normalized spacial score (nSPS) is 32.6. The van der Waals surface area contributed by atoms with Gasteiger partial charge >= 0.3 is 0 Å². The minimum atomic E-state index is -0.725. The Morgan fingerprint density at radius 2 is 1.83 bits per heavy atom. The highest BCUT2D eigenvalue weighted by Crippen LogP contribution is 2.71. The van der Waals surface area contributed by atoms with Gasteiger partial charge in [-0.1, -0.05) is 44.2 Å². The molecule has 3 fully saturated rings. The minimum absolute atomic E-state index is 0.0349. The number of likely N-dealkylation sites (tertiary alicyclic amines) is 1. The van der Waals surface area contributed by atoms with E-state index in [1.807, 2.05) is 65.0 Å². The monoisotopic (exact) mass is 501 g/mol. The van der Waals surface area contributed by atoms with Gasteiger partial charge in [-0.3, -0.25) is 14.4 Å². The van der Waals surface area contributed by atoms with Crippen LogP contribution < -0.4 is 10.6 Å². The number of nitrogens with zero attached hydrogens (tertiary/aromatic N) is 1. The number of hydrogen-bond donors (Lipinski definition) is 3. The fourth-order valence-corrected chi connectivity index (χ4v) is 8.72. The standard InChI is InChI=1S/C27H39N3O4S/c1-16(2)18(15-31)30-21(23(33)29-25(3,4)5)27-13-12-26(6,35-27)19(20(27)24(30)34)22(32)28-14-17-10-8-7-9-11-17/h7-11,16,18-21,31H,12-15H2,1-6H3,(H,28,32)(H,29,33)/t18-,19+,20-,21?,26-,27?/m0/s1. The number of aliphatic hydroxyl groups excluding tert-OH is 1. The Kier molecular flexibility index (Phi) is 6.77. The predicted octanol–water partition coefficient (Wildman–Crippen LogP) is 2.72. The van der Waals surface area contributed by atoms with Gasteiger partial charge in [0.15, 0.2) is 0 Å². The molecular weight excluding hydrogens is 462 g/mol. The average Bonchev–Trinajstić information content (AvgIpc) is 3.33. The largest absolute Gasteiger partial charge is 0.394 e. The van der Waals surface area contributed by atoms with E-state index in [-0.39, 0.29) is 30.2 Å². The topological polar surface area (TPSA) is 98.7 Å². The molecule has 35 heavy (non-hydrogen) atoms. The van der Waals surface area contributed by atoms with Gasteiger partial charge in [0, 0.05) is 16.8 Å². The van der Waals surface area contributed by atoms with Gasteiger partial charge in [0.05, 0.1) is 29.2 Å². The Balaban J connectivity index is 1.71. The van der Waals surface area contributed by atoms with Crippen molar-refractivity contribution in [2.45, 2.75) is 88.0 Å². The third-order valence-electron chi connectivity index (χ3n) is 7.87. The lowest BCUT2D eigenvalue weighted by atomic mass is 9.66. The zero-order valence-electron chi connectivity index (χ0n) is 21.6. The first-order chi connectivity index (χ1) is 16.3. The summed E-state index contributed by atoms with van der Waals surface area (Å²) in [5.74, 6) is -1.67. The van der Waals surface area contributed by atoms with Crippen LogP contribution in [0.1, 0.15) is 59.9 Å². The van der Waals surface area contributed by atoms with Crippen molar-refractivity contribution in [1.29, 1.82) is 0 Å². The fraction of sp³-hybridized carbons (Fsp3) is 0.667. The summed E-state index contributed by atoms with van der Waals surface area (Å²) < 4.78 is -1.10. The van der Waals surface area contributed by atoms with Gasteiger partial charge in [-0.25, -0.2) is 0 Å². The van der Waals surface area contributed by atoms with E-state index in [1.165, 1.54) is 0 Å². The third kappa shape index (κ3) is 4.37. The molecule has 3 aliphatic heterocycles. The molecule has 0 saturated carbocycles. The summed E-state index contributed by atoms with van der Waals surface area (Å²) >= 11 is 1.65. The zero-order valence-corrected chi connectivity index (χ0v) is 22.4. The first-order valence-electron chi connectivity index (χ1n) is 12.6. The quantitative estimate of drug-likeness (QED) is 0.534. The lowest BCUT2D eigenvalue weighted by Crippen LogP contribution is -2.60. The van der Waals surface area contributed by atoms with E-state index < -0.39 is 39.0 Å². The highest BCUT2D eigenvalue weighted by molar-refractivity contribution is 8.02. The van der Waals surface area contributed by atoms with E-state index in [9.17, 15) is 19.5 Å². The summed E-state index contributed by atoms with van der Waals surface area (Å²) in [5.41, 5.74) is 0.531. The molecule has 1 aromatic rings. The molecule has 3 saturated heterocycles. The average molecular weight is 502 g/mol. The van der Waals surface area contributed by atoms with Gasteiger partial charge < -0.3 is 20.6 Å². The van der Waals surface area contributed by atoms with Crippen LogP contribution in [0.2, 0.25) is 0 Å². The smallest absolute Gasteiger partial charge is 0.244 e. The Hall–Kier alpha value is -2.06. The number of amides is 3. The van der Waals surface area contributed by atoms with Gasteiger partial charge in [-0.05, 0) is 52.0 Å². The lowest BCUT2D eigenvalue weighted by Gasteiger charge is -2.39. The second-order valence-corrected chi connectivity index (χ2v) is 13.8. The summed E-state index contributed by atoms with van der Waals surface area (Å²) in [7, 11) is 0. The molecule has 1 spiro atoms. The van der Waals surface area contributed by atoms with Crippen molar-refractivity contribution in [3.63, 3.8) is 0 Å². The summed E-state index contributed by atoms with van der Waals surface area (Å²) in [6, 6.07) is 8.51. The van der Waals surface area contributed by atoms with Crippen molar-refractivity contribution in [2.24, 2.45) is 17.8 Å². The Morgan fingerprint density at radius 1 is 1.17 bits per heavy atom. The Morgan fingerprint density at radius 3 is 2.40 bits per heavy atom. The van der Waals surface area contributed by atoms with Crippen LogP contribution in [0.3, 0.4) is 0 Å². The fourth-order valence-electron chi connectivity index (χ4n) is 6.37. The molecule has 0 aromatic heterocycles. The lowest BCUT2D eigenvalue weighted by molar-refractivity contribution is -0.144. The second kappa shape index (κ2) is 9.11. The van der Waals surface area contributed by atoms with Crippen LogP contribution in [0.25, 0.3) is 0 Å². The SMILES string of the molecule is CC(C)[C@H](CO)N1C(=O)[C@@H]2[C@H](C(=O)NCc3ccccc3)[C@]3(C)CCC2(S3)C1C(=O)NC(C)(C)C. The molecule has 7 nitrogen and oxygen atoms in total. The van der Waals surface area contributed by atoms with Crippen molar-refractivity contribution in [3.8, 4) is 0 Å². The van der Waals surface area contributed by atoms with Gasteiger partial charge in [0.2, 0.25) is 17.7 Å². The molecular formula is C27H39N3O4S. The molecule has 3 aliphatic rings. The van der Waals surface area contributed by atoms with Crippen molar-refractivity contribution >= 4 is 29.5 Å². The number of carbonyl (C=O) groups is 3. The summed E-state index contributed by atoms with van der Waals surface area (Å²) in [5, 5.41) is 16.4. The molecule has 3 amide bonds. The molecule has 8 heteroatoms. The van der Waals surface area contributed by atoms with Gasteiger partial charge in [0.1, 0.15) is 6.04 Å². The molecule has 2 bridgehead atoms. The number of fused-ring (bicyclic) bond motifs is 1. The number of rotatable bonds is 7. The van der Waals surface area contributed by atoms with Crippen molar-refractivity contribution in [2.75, 3.05) is 6.61 Å². The molecule has 0 aliphatic carbocycles. The predicted molar refractivity (Wildman–Crippen MR) is 137 cm³/mol. The van der Waals surface area contributed by atoms with E-state index in [1.54, 1.807) is 16.7 Å². The number of aliphatic hydroxyl groups is 1. The van der Waals surface area contributed by atoms with E-state index in [2.05, 4.69) is 17.6 Å². The summed E-state index contributed by atoms with van der Waals surface area (Å²) in [6.07, 6.45) is 1.46. The number of nitrogens with one attached hydrogen (secondary N) is 2. The molecule has 2 unspecified atom stereocenters. The maximum atomic E-state index is 14.1. The molecule has 0 radical (unpaired) electrons. The van der Waals surface area contributed by atoms with E-state index >= 15 is 0 Å². The van der Waals surface area contributed by atoms with Crippen LogP contribution in [0.5, 0.6) is 0 Å². The van der Waals surface area contributed by atoms with E-state index in [0.717, 1.165) is 12.0 Å². The van der Waals surface area contributed by atoms with Gasteiger partial charge in [0.25, 0.3) is 0 Å². The van der Waals surface area contributed by atoms with Crippen molar-refractivity contribution in [1.82, 2.24) is 15.5 Å². The molecule has 3 heterocycles. The van der Waals surface area contributed by atoms with Crippen molar-refractivity contribution in [3.05, 3.63) is 35.9 Å². The number of carbonyl (C=O) groups excluding carboxylic acids is 3. The first-order valence-corrected chi connectivity index (χ1v) is 13.4. The maximum absolute atomic E-state index is 14.1. The first kappa shape index (κ1) is 26.0. The van der Waals surface area contributed by atoms with Crippen LogP contribution in [0.15, 0.2) is 30.3 Å². The molecule has 1 aromatic carbocycles. The second-order valence-electron chi connectivity index (χ2n) is 11.9. The third-order valence-corrected chi connectivity index (χ3v) is 9.85. The summed E-state index contributed by atoms with van der Waals surface area (Å²) in [6.45, 7) is 11.9. The summed E-state index contributed by atoms with van der Waals surface area (Å²) in [4.78, 5) is 43.2. The molecule has 4 rings (SSSR count). The minimum Gasteiger partial charge on any atom is -0.394 e. The van der Waals surface area contributed by atoms with E-state index in [4.69, 9.17) is 0 Å². The molecule has 3 N–H and O–H groups in total. The zero-order chi connectivity index (χ0) is 25.8. The van der Waals surface area contributed by atoms with Crippen LogP contribution >= 0.6 is 11.8 Å². The van der Waals surface area contributed by atoms with Crippen LogP contribution in [-0.2, 0) is 20.9 Å². The van der Waals surface area contributed by atoms with Gasteiger partial charge in [-0.2, -0.15) is 0 Å². The highest BCUT2D eigenvalue weighted by atomic mass is 32.2. The number of hydrogen-bond acceptors (Lipinski definition) is 5. The van der Waals surface area contributed by atoms with Crippen LogP contribution in [0, 0.1) is 17.8 Å². The number of benzene rings is 1. The Labute approximate surface area is 212 Å². The van der Waals surface area contributed by atoms with E-state index in [0.29, 0.717) is 13.0 Å². The Bertz CT molecular complexity index is 994. The van der Waals surface area contributed by atoms with Crippen LogP contribution in [-0.4, -0.2) is 61.5 Å². The van der Waals surface area contributed by atoms with Gasteiger partial charge in [-0.15, -0.1) is 11.8 Å². The molecule has 192 valence electrons. The van der Waals surface area contributed by atoms with Crippen molar-refractivity contribution < 1.29 is 19.5 Å². The highest BCUT2D eigenvalue weighted by Gasteiger charge is 2.77.